The van der Waals surface area contributed by atoms with Crippen LogP contribution in [0, 0.1) is 0 Å². The molecule has 0 spiro atoms. The van der Waals surface area contributed by atoms with E-state index in [1.54, 1.807) is 0 Å². The Morgan fingerprint density at radius 2 is 1.52 bits per heavy atom. The highest BCUT2D eigenvalue weighted by Gasteiger charge is 2.15. The Bertz CT molecular complexity index is 1200. The molecular formula is C27H25N3O. The number of nitrogens with one attached hydrogen (secondary N) is 1. The zero-order valence-electron chi connectivity index (χ0n) is 17.4. The van der Waals surface area contributed by atoms with Crippen molar-refractivity contribution in [2.45, 2.75) is 19.3 Å². The normalized spacial score (nSPS) is 13.9. The molecule has 1 aliphatic heterocycles. The molecule has 4 heteroatoms. The van der Waals surface area contributed by atoms with Gasteiger partial charge in [-0.2, -0.15) is 0 Å². The number of amides is 1. The molecule has 1 aliphatic rings. The van der Waals surface area contributed by atoms with Crippen molar-refractivity contribution in [3.63, 3.8) is 0 Å². The Labute approximate surface area is 182 Å². The molecule has 0 unspecified atom stereocenters. The smallest absolute Gasteiger partial charge is 0.256 e. The van der Waals surface area contributed by atoms with Crippen LogP contribution in [0.4, 0.5) is 11.4 Å². The molecule has 2 heterocycles. The van der Waals surface area contributed by atoms with Crippen LogP contribution in [0.25, 0.3) is 22.2 Å². The predicted octanol–water partition coefficient (Wildman–Crippen LogP) is 6.14. The van der Waals surface area contributed by atoms with Crippen LogP contribution < -0.4 is 10.2 Å². The van der Waals surface area contributed by atoms with Crippen LogP contribution in [-0.2, 0) is 0 Å². The van der Waals surface area contributed by atoms with Crippen molar-refractivity contribution >= 4 is 28.2 Å². The molecule has 0 aliphatic carbocycles. The Morgan fingerprint density at radius 3 is 2.29 bits per heavy atom. The number of carbonyl (C=O) groups is 1. The van der Waals surface area contributed by atoms with Crippen LogP contribution in [0.3, 0.4) is 0 Å². The summed E-state index contributed by atoms with van der Waals surface area (Å²) in [6.45, 7) is 2.22. The fourth-order valence-corrected chi connectivity index (χ4v) is 4.23. The number of carbonyl (C=O) groups excluding carboxylic acids is 1. The molecule has 0 radical (unpaired) electrons. The Morgan fingerprint density at radius 1 is 0.806 bits per heavy atom. The highest BCUT2D eigenvalue weighted by molar-refractivity contribution is 6.13. The molecule has 0 atom stereocenters. The minimum atomic E-state index is -0.124. The summed E-state index contributed by atoms with van der Waals surface area (Å²) in [6.07, 6.45) is 3.81. The SMILES string of the molecule is O=C(Nc1ccc(N2CCCCC2)cc1)c1cc(-c2ccccc2)nc2ccccc12. The van der Waals surface area contributed by atoms with E-state index in [4.69, 9.17) is 4.98 Å². The summed E-state index contributed by atoms with van der Waals surface area (Å²) >= 11 is 0. The molecule has 0 saturated carbocycles. The van der Waals surface area contributed by atoms with Crippen LogP contribution in [0.1, 0.15) is 29.6 Å². The van der Waals surface area contributed by atoms with E-state index < -0.39 is 0 Å². The third-order valence-electron chi connectivity index (χ3n) is 5.88. The molecule has 1 aromatic heterocycles. The molecule has 3 aromatic carbocycles. The van der Waals surface area contributed by atoms with Gasteiger partial charge in [0.15, 0.2) is 0 Å². The van der Waals surface area contributed by atoms with E-state index in [1.165, 1.54) is 24.9 Å². The summed E-state index contributed by atoms with van der Waals surface area (Å²) in [5.41, 5.74) is 5.25. The van der Waals surface area contributed by atoms with Gasteiger partial charge in [-0.05, 0) is 55.7 Å². The standard InChI is InChI=1S/C27H25N3O/c31-27(28-21-13-15-22(16-14-21)30-17-7-2-8-18-30)24-19-26(20-9-3-1-4-10-20)29-25-12-6-5-11-23(24)25/h1,3-6,9-16,19H,2,7-8,17-18H2,(H,28,31). The number of aromatic nitrogens is 1. The van der Waals surface area contributed by atoms with Crippen molar-refractivity contribution in [1.29, 1.82) is 0 Å². The number of rotatable bonds is 4. The molecule has 5 rings (SSSR count). The lowest BCUT2D eigenvalue weighted by atomic mass is 10.0. The summed E-state index contributed by atoms with van der Waals surface area (Å²) in [6, 6.07) is 27.8. The lowest BCUT2D eigenvalue weighted by Gasteiger charge is -2.28. The average molecular weight is 408 g/mol. The monoisotopic (exact) mass is 407 g/mol. The van der Waals surface area contributed by atoms with Gasteiger partial charge in [-0.15, -0.1) is 0 Å². The number of pyridine rings is 1. The van der Waals surface area contributed by atoms with Crippen molar-refractivity contribution in [1.82, 2.24) is 4.98 Å². The maximum atomic E-state index is 13.2. The number of anilines is 2. The molecule has 1 N–H and O–H groups in total. The number of hydrogen-bond acceptors (Lipinski definition) is 3. The van der Waals surface area contributed by atoms with Gasteiger partial charge in [-0.3, -0.25) is 4.79 Å². The first-order valence-electron chi connectivity index (χ1n) is 10.9. The first kappa shape index (κ1) is 19.3. The van der Waals surface area contributed by atoms with Gasteiger partial charge in [-0.1, -0.05) is 48.5 Å². The molecule has 1 saturated heterocycles. The Balaban J connectivity index is 1.44. The topological polar surface area (TPSA) is 45.2 Å². The quantitative estimate of drug-likeness (QED) is 0.442. The minimum Gasteiger partial charge on any atom is -0.372 e. The Kier molecular flexibility index (Phi) is 5.36. The highest BCUT2D eigenvalue weighted by atomic mass is 16.1. The van der Waals surface area contributed by atoms with Gasteiger partial charge in [-0.25, -0.2) is 4.98 Å². The van der Waals surface area contributed by atoms with Crippen LogP contribution in [0.2, 0.25) is 0 Å². The fraction of sp³-hybridized carbons (Fsp3) is 0.185. The number of nitrogens with zero attached hydrogens (tertiary/aromatic N) is 2. The van der Waals surface area contributed by atoms with E-state index in [0.717, 1.165) is 40.9 Å². The van der Waals surface area contributed by atoms with Gasteiger partial charge in [0.1, 0.15) is 0 Å². The molecule has 4 aromatic rings. The van der Waals surface area contributed by atoms with Crippen molar-refractivity contribution in [3.05, 3.63) is 90.5 Å². The van der Waals surface area contributed by atoms with E-state index >= 15 is 0 Å². The largest absolute Gasteiger partial charge is 0.372 e. The van der Waals surface area contributed by atoms with E-state index in [9.17, 15) is 4.79 Å². The molecule has 31 heavy (non-hydrogen) atoms. The first-order valence-corrected chi connectivity index (χ1v) is 10.9. The lowest BCUT2D eigenvalue weighted by molar-refractivity contribution is 0.102. The van der Waals surface area contributed by atoms with E-state index in [0.29, 0.717) is 5.56 Å². The number of piperidine rings is 1. The molecular weight excluding hydrogens is 382 g/mol. The van der Waals surface area contributed by atoms with Crippen molar-refractivity contribution in [2.24, 2.45) is 0 Å². The molecule has 0 bridgehead atoms. The number of para-hydroxylation sites is 1. The summed E-state index contributed by atoms with van der Waals surface area (Å²) < 4.78 is 0. The summed E-state index contributed by atoms with van der Waals surface area (Å²) in [5.74, 6) is -0.124. The van der Waals surface area contributed by atoms with Crippen LogP contribution >= 0.6 is 0 Å². The van der Waals surface area contributed by atoms with E-state index in [2.05, 4.69) is 22.3 Å². The van der Waals surface area contributed by atoms with Gasteiger partial charge in [0.2, 0.25) is 0 Å². The number of hydrogen-bond donors (Lipinski definition) is 1. The Hall–Kier alpha value is -3.66. The number of fused-ring (bicyclic) bond motifs is 1. The molecule has 1 fully saturated rings. The van der Waals surface area contributed by atoms with Crippen LogP contribution in [0.5, 0.6) is 0 Å². The first-order chi connectivity index (χ1) is 15.3. The second-order valence-electron chi connectivity index (χ2n) is 7.99. The predicted molar refractivity (Wildman–Crippen MR) is 128 cm³/mol. The molecule has 4 nitrogen and oxygen atoms in total. The van der Waals surface area contributed by atoms with Gasteiger partial charge in [0.05, 0.1) is 16.8 Å². The van der Waals surface area contributed by atoms with Crippen LogP contribution in [0.15, 0.2) is 84.9 Å². The van der Waals surface area contributed by atoms with Crippen LogP contribution in [-0.4, -0.2) is 24.0 Å². The van der Waals surface area contributed by atoms with E-state index in [1.807, 2.05) is 72.8 Å². The summed E-state index contributed by atoms with van der Waals surface area (Å²) in [4.78, 5) is 20.4. The fourth-order valence-electron chi connectivity index (χ4n) is 4.23. The molecule has 1 amide bonds. The van der Waals surface area contributed by atoms with Gasteiger partial charge in [0.25, 0.3) is 5.91 Å². The van der Waals surface area contributed by atoms with Crippen molar-refractivity contribution in [3.8, 4) is 11.3 Å². The zero-order valence-corrected chi connectivity index (χ0v) is 17.4. The second kappa shape index (κ2) is 8.60. The summed E-state index contributed by atoms with van der Waals surface area (Å²) in [7, 11) is 0. The lowest BCUT2D eigenvalue weighted by Crippen LogP contribution is -2.29. The van der Waals surface area contributed by atoms with E-state index in [-0.39, 0.29) is 5.91 Å². The summed E-state index contributed by atoms with van der Waals surface area (Å²) in [5, 5.41) is 3.93. The van der Waals surface area contributed by atoms with Crippen molar-refractivity contribution < 1.29 is 4.79 Å². The minimum absolute atomic E-state index is 0.124. The maximum Gasteiger partial charge on any atom is 0.256 e. The second-order valence-corrected chi connectivity index (χ2v) is 7.99. The zero-order chi connectivity index (χ0) is 21.0. The average Bonchev–Trinajstić information content (AvgIpc) is 2.85. The van der Waals surface area contributed by atoms with Gasteiger partial charge in [0, 0.05) is 35.4 Å². The van der Waals surface area contributed by atoms with Gasteiger partial charge >= 0.3 is 0 Å². The van der Waals surface area contributed by atoms with Gasteiger partial charge < -0.3 is 10.2 Å². The number of benzene rings is 3. The highest BCUT2D eigenvalue weighted by Crippen LogP contribution is 2.26. The third kappa shape index (κ3) is 4.15. The van der Waals surface area contributed by atoms with Crippen molar-refractivity contribution in [2.75, 3.05) is 23.3 Å². The third-order valence-corrected chi connectivity index (χ3v) is 5.88. The molecule has 154 valence electrons. The maximum absolute atomic E-state index is 13.2.